The summed E-state index contributed by atoms with van der Waals surface area (Å²) < 4.78 is 32.3. The Hall–Kier alpha value is -2.42. The molecule has 0 saturated carbocycles. The normalized spacial score (nSPS) is 12.1. The monoisotopic (exact) mass is 432 g/mol. The summed E-state index contributed by atoms with van der Waals surface area (Å²) in [6, 6.07) is 15.1. The Balaban J connectivity index is 2.13. The summed E-state index contributed by atoms with van der Waals surface area (Å²) in [4.78, 5) is 7.00. The van der Waals surface area contributed by atoms with E-state index in [-0.39, 0.29) is 11.4 Å². The molecule has 0 amide bonds. The number of sulfonamides is 1. The second-order valence-electron chi connectivity index (χ2n) is 6.99. The lowest BCUT2D eigenvalue weighted by Gasteiger charge is -2.23. The standard InChI is InChI=1S/C22H32N4O3S/c1-5-23-22(26(3)17-20-11-7-6-9-18(20)2)24-16-19-10-8-12-21(15-19)30(27,28)25-13-14-29-4/h6-12,15,25H,5,13-14,16-17H2,1-4H3,(H,23,24). The SMILES string of the molecule is CCNC(=NCc1cccc(S(=O)(=O)NCCOC)c1)N(C)Cc1ccccc1C. The zero-order valence-electron chi connectivity index (χ0n) is 18.2. The molecule has 2 aromatic carbocycles. The number of aliphatic imine (C=N–C) groups is 1. The van der Waals surface area contributed by atoms with Crippen LogP contribution in [0, 0.1) is 6.92 Å². The zero-order chi connectivity index (χ0) is 22.0. The van der Waals surface area contributed by atoms with Crippen LogP contribution in [0.25, 0.3) is 0 Å². The topological polar surface area (TPSA) is 83.0 Å². The average molecular weight is 433 g/mol. The van der Waals surface area contributed by atoms with Crippen LogP contribution in [-0.4, -0.2) is 53.1 Å². The van der Waals surface area contributed by atoms with E-state index >= 15 is 0 Å². The van der Waals surface area contributed by atoms with Gasteiger partial charge in [-0.2, -0.15) is 0 Å². The van der Waals surface area contributed by atoms with Crippen molar-refractivity contribution in [1.82, 2.24) is 14.9 Å². The van der Waals surface area contributed by atoms with E-state index in [1.165, 1.54) is 18.2 Å². The first-order valence-electron chi connectivity index (χ1n) is 9.99. The molecular weight excluding hydrogens is 400 g/mol. The first kappa shape index (κ1) is 23.9. The Morgan fingerprint density at radius 1 is 1.17 bits per heavy atom. The number of hydrogen-bond donors (Lipinski definition) is 2. The lowest BCUT2D eigenvalue weighted by atomic mass is 10.1. The van der Waals surface area contributed by atoms with Gasteiger partial charge >= 0.3 is 0 Å². The Labute approximate surface area is 180 Å². The number of aryl methyl sites for hydroxylation is 1. The molecule has 2 rings (SSSR count). The van der Waals surface area contributed by atoms with E-state index < -0.39 is 10.0 Å². The van der Waals surface area contributed by atoms with Crippen LogP contribution < -0.4 is 10.0 Å². The van der Waals surface area contributed by atoms with Gasteiger partial charge in [0.2, 0.25) is 10.0 Å². The molecule has 164 valence electrons. The Kier molecular flexibility index (Phi) is 9.29. The van der Waals surface area contributed by atoms with E-state index in [0.29, 0.717) is 13.2 Å². The molecule has 0 spiro atoms. The molecular formula is C22H32N4O3S. The van der Waals surface area contributed by atoms with E-state index in [9.17, 15) is 8.42 Å². The molecule has 0 bridgehead atoms. The quantitative estimate of drug-likeness (QED) is 0.342. The second kappa shape index (κ2) is 11.7. The summed E-state index contributed by atoms with van der Waals surface area (Å²) >= 11 is 0. The molecule has 0 fully saturated rings. The highest BCUT2D eigenvalue weighted by atomic mass is 32.2. The minimum absolute atomic E-state index is 0.226. The van der Waals surface area contributed by atoms with Crippen LogP contribution in [0.5, 0.6) is 0 Å². The molecule has 0 aliphatic carbocycles. The minimum Gasteiger partial charge on any atom is -0.383 e. The van der Waals surface area contributed by atoms with Crippen molar-refractivity contribution in [3.63, 3.8) is 0 Å². The third kappa shape index (κ3) is 7.12. The van der Waals surface area contributed by atoms with Crippen LogP contribution in [-0.2, 0) is 27.8 Å². The molecule has 0 unspecified atom stereocenters. The Morgan fingerprint density at radius 2 is 1.93 bits per heavy atom. The zero-order valence-corrected chi connectivity index (χ0v) is 19.0. The molecule has 0 atom stereocenters. The molecule has 0 aliphatic heterocycles. The summed E-state index contributed by atoms with van der Waals surface area (Å²) in [5.74, 6) is 0.771. The molecule has 2 N–H and O–H groups in total. The van der Waals surface area contributed by atoms with E-state index in [1.54, 1.807) is 18.2 Å². The maximum Gasteiger partial charge on any atom is 0.240 e. The molecule has 0 aromatic heterocycles. The molecule has 30 heavy (non-hydrogen) atoms. The van der Waals surface area contributed by atoms with E-state index in [2.05, 4.69) is 34.0 Å². The predicted octanol–water partition coefficient (Wildman–Crippen LogP) is 2.52. The van der Waals surface area contributed by atoms with E-state index in [0.717, 1.165) is 24.6 Å². The highest BCUT2D eigenvalue weighted by Gasteiger charge is 2.14. The minimum atomic E-state index is -3.57. The molecule has 2 aromatic rings. The van der Waals surface area contributed by atoms with Gasteiger partial charge in [0, 0.05) is 33.8 Å². The fourth-order valence-corrected chi connectivity index (χ4v) is 4.01. The van der Waals surface area contributed by atoms with Gasteiger partial charge in [-0.15, -0.1) is 0 Å². The van der Waals surface area contributed by atoms with Crippen molar-refractivity contribution in [2.45, 2.75) is 31.8 Å². The molecule has 0 saturated heterocycles. The number of ether oxygens (including phenoxy) is 1. The van der Waals surface area contributed by atoms with Crippen LogP contribution in [0.4, 0.5) is 0 Å². The van der Waals surface area contributed by atoms with Gasteiger partial charge in [0.05, 0.1) is 18.0 Å². The van der Waals surface area contributed by atoms with Gasteiger partial charge in [-0.3, -0.25) is 0 Å². The third-order valence-corrected chi connectivity index (χ3v) is 6.04. The smallest absolute Gasteiger partial charge is 0.240 e. The second-order valence-corrected chi connectivity index (χ2v) is 8.76. The van der Waals surface area contributed by atoms with Gasteiger partial charge in [-0.25, -0.2) is 18.1 Å². The Bertz CT molecular complexity index is 945. The van der Waals surface area contributed by atoms with E-state index in [4.69, 9.17) is 9.73 Å². The number of benzene rings is 2. The van der Waals surface area contributed by atoms with Crippen molar-refractivity contribution in [3.8, 4) is 0 Å². The van der Waals surface area contributed by atoms with Crippen molar-refractivity contribution in [3.05, 3.63) is 65.2 Å². The van der Waals surface area contributed by atoms with Crippen LogP contribution >= 0.6 is 0 Å². The molecule has 0 aliphatic rings. The van der Waals surface area contributed by atoms with Crippen LogP contribution in [0.1, 0.15) is 23.6 Å². The average Bonchev–Trinajstić information content (AvgIpc) is 2.73. The van der Waals surface area contributed by atoms with E-state index in [1.807, 2.05) is 32.2 Å². The summed E-state index contributed by atoms with van der Waals surface area (Å²) in [6.07, 6.45) is 0. The fourth-order valence-electron chi connectivity index (χ4n) is 2.93. The number of methoxy groups -OCH3 is 1. The lowest BCUT2D eigenvalue weighted by Crippen LogP contribution is -2.38. The van der Waals surface area contributed by atoms with Crippen molar-refractivity contribution in [2.75, 3.05) is 33.9 Å². The van der Waals surface area contributed by atoms with Crippen LogP contribution in [0.3, 0.4) is 0 Å². The van der Waals surface area contributed by atoms with Gasteiger partial charge in [0.1, 0.15) is 0 Å². The number of rotatable bonds is 10. The maximum absolute atomic E-state index is 12.4. The third-order valence-electron chi connectivity index (χ3n) is 4.58. The molecule has 0 radical (unpaired) electrons. The van der Waals surface area contributed by atoms with Gasteiger partial charge in [-0.05, 0) is 42.7 Å². The summed E-state index contributed by atoms with van der Waals surface area (Å²) in [5, 5.41) is 3.30. The van der Waals surface area contributed by atoms with Crippen molar-refractivity contribution < 1.29 is 13.2 Å². The first-order valence-corrected chi connectivity index (χ1v) is 11.5. The summed E-state index contributed by atoms with van der Waals surface area (Å²) in [5.41, 5.74) is 3.30. The molecule has 0 heterocycles. The Morgan fingerprint density at radius 3 is 2.63 bits per heavy atom. The summed E-state index contributed by atoms with van der Waals surface area (Å²) in [6.45, 7) is 6.53. The summed E-state index contributed by atoms with van der Waals surface area (Å²) in [7, 11) is -0.0428. The highest BCUT2D eigenvalue weighted by molar-refractivity contribution is 7.89. The van der Waals surface area contributed by atoms with Gasteiger partial charge in [-0.1, -0.05) is 36.4 Å². The predicted molar refractivity (Wildman–Crippen MR) is 121 cm³/mol. The number of guanidine groups is 1. The maximum atomic E-state index is 12.4. The van der Waals surface area contributed by atoms with Crippen LogP contribution in [0.2, 0.25) is 0 Å². The van der Waals surface area contributed by atoms with Crippen LogP contribution in [0.15, 0.2) is 58.4 Å². The van der Waals surface area contributed by atoms with Gasteiger partial charge < -0.3 is 15.0 Å². The fraction of sp³-hybridized carbons (Fsp3) is 0.409. The molecule has 7 nitrogen and oxygen atoms in total. The number of hydrogen-bond acceptors (Lipinski definition) is 4. The number of nitrogens with one attached hydrogen (secondary N) is 2. The van der Waals surface area contributed by atoms with Crippen molar-refractivity contribution in [1.29, 1.82) is 0 Å². The van der Waals surface area contributed by atoms with Crippen molar-refractivity contribution in [2.24, 2.45) is 4.99 Å². The lowest BCUT2D eigenvalue weighted by molar-refractivity contribution is 0.204. The molecule has 8 heteroatoms. The van der Waals surface area contributed by atoms with Gasteiger partial charge in [0.15, 0.2) is 5.96 Å². The number of nitrogens with zero attached hydrogens (tertiary/aromatic N) is 2. The van der Waals surface area contributed by atoms with Gasteiger partial charge in [0.25, 0.3) is 0 Å². The first-order chi connectivity index (χ1) is 14.4. The highest BCUT2D eigenvalue weighted by Crippen LogP contribution is 2.13. The van der Waals surface area contributed by atoms with Crippen molar-refractivity contribution >= 4 is 16.0 Å². The largest absolute Gasteiger partial charge is 0.383 e.